The summed E-state index contributed by atoms with van der Waals surface area (Å²) >= 11 is 3.29. The Kier molecular flexibility index (Phi) is 4.18. The number of aromatic amines is 1. The quantitative estimate of drug-likeness (QED) is 0.534. The fraction of sp³-hybridized carbons (Fsp3) is 0.0667. The number of benzene rings is 2. The second kappa shape index (κ2) is 6.16. The Balaban J connectivity index is 1.98. The molecular weight excluding hydrogens is 391 g/mol. The van der Waals surface area contributed by atoms with Crippen LogP contribution in [0.3, 0.4) is 0 Å². The van der Waals surface area contributed by atoms with Crippen molar-refractivity contribution in [2.24, 2.45) is 10.2 Å². The summed E-state index contributed by atoms with van der Waals surface area (Å²) in [6, 6.07) is 10.5. The van der Waals surface area contributed by atoms with Gasteiger partial charge < -0.3 is 14.8 Å². The lowest BCUT2D eigenvalue weighted by Crippen LogP contribution is -2.16. The van der Waals surface area contributed by atoms with E-state index in [1.807, 2.05) is 0 Å². The number of fused-ring (bicyclic) bond motifs is 1. The summed E-state index contributed by atoms with van der Waals surface area (Å²) in [5, 5.41) is 18.0. The molecular formula is C15H9BrF3N3O2. The SMILES string of the molecule is Oc1[nH]c2ccc(OC(F)(F)F)cc2c1N=Nc1ccc(Br)cc1. The van der Waals surface area contributed by atoms with Gasteiger partial charge in [0.15, 0.2) is 5.69 Å². The number of nitrogens with one attached hydrogen (secondary N) is 1. The Morgan fingerprint density at radius 3 is 2.42 bits per heavy atom. The highest BCUT2D eigenvalue weighted by Gasteiger charge is 2.31. The van der Waals surface area contributed by atoms with Gasteiger partial charge in [-0.15, -0.1) is 18.3 Å². The summed E-state index contributed by atoms with van der Waals surface area (Å²) in [7, 11) is 0. The Labute approximate surface area is 141 Å². The first-order valence-corrected chi connectivity index (χ1v) is 7.39. The second-order valence-electron chi connectivity index (χ2n) is 4.75. The summed E-state index contributed by atoms with van der Waals surface area (Å²) in [6.07, 6.45) is -4.80. The molecule has 1 aromatic heterocycles. The monoisotopic (exact) mass is 399 g/mol. The summed E-state index contributed by atoms with van der Waals surface area (Å²) in [6.45, 7) is 0. The molecule has 0 unspecified atom stereocenters. The zero-order valence-electron chi connectivity index (χ0n) is 11.8. The number of hydrogen-bond acceptors (Lipinski definition) is 4. The van der Waals surface area contributed by atoms with E-state index in [4.69, 9.17) is 0 Å². The summed E-state index contributed by atoms with van der Waals surface area (Å²) < 4.78 is 41.7. The van der Waals surface area contributed by atoms with Gasteiger partial charge in [-0.1, -0.05) is 15.9 Å². The average molecular weight is 400 g/mol. The van der Waals surface area contributed by atoms with Crippen molar-refractivity contribution in [1.29, 1.82) is 0 Å². The van der Waals surface area contributed by atoms with E-state index in [0.717, 1.165) is 16.6 Å². The minimum Gasteiger partial charge on any atom is -0.493 e. The lowest BCUT2D eigenvalue weighted by molar-refractivity contribution is -0.274. The van der Waals surface area contributed by atoms with Crippen molar-refractivity contribution >= 4 is 38.2 Å². The molecule has 3 aromatic rings. The molecule has 0 fully saturated rings. The third-order valence-electron chi connectivity index (χ3n) is 3.05. The van der Waals surface area contributed by atoms with Gasteiger partial charge in [-0.05, 0) is 42.5 Å². The van der Waals surface area contributed by atoms with Gasteiger partial charge in [-0.2, -0.15) is 5.11 Å². The molecule has 2 aromatic carbocycles. The maximum atomic E-state index is 12.3. The molecule has 3 rings (SSSR count). The number of ether oxygens (including phenoxy) is 1. The van der Waals surface area contributed by atoms with Crippen LogP contribution < -0.4 is 4.74 Å². The normalized spacial score (nSPS) is 12.2. The number of rotatable bonds is 3. The molecule has 5 nitrogen and oxygen atoms in total. The fourth-order valence-corrected chi connectivity index (χ4v) is 2.32. The Morgan fingerprint density at radius 2 is 1.75 bits per heavy atom. The Bertz CT molecular complexity index is 905. The van der Waals surface area contributed by atoms with Gasteiger partial charge in [0.2, 0.25) is 5.88 Å². The molecule has 0 aliphatic carbocycles. The summed E-state index contributed by atoms with van der Waals surface area (Å²) in [5.74, 6) is -0.705. The van der Waals surface area contributed by atoms with Crippen molar-refractivity contribution in [3.8, 4) is 11.6 Å². The lowest BCUT2D eigenvalue weighted by Gasteiger charge is -2.08. The van der Waals surface area contributed by atoms with Crippen molar-refractivity contribution in [3.05, 3.63) is 46.9 Å². The van der Waals surface area contributed by atoms with Crippen LogP contribution in [0.4, 0.5) is 24.5 Å². The molecule has 9 heteroatoms. The van der Waals surface area contributed by atoms with Crippen LogP contribution in [0.2, 0.25) is 0 Å². The molecule has 0 aliphatic rings. The van der Waals surface area contributed by atoms with Gasteiger partial charge in [0.05, 0.1) is 11.2 Å². The van der Waals surface area contributed by atoms with Gasteiger partial charge in [0.1, 0.15) is 5.75 Å². The van der Waals surface area contributed by atoms with Gasteiger partial charge in [0, 0.05) is 9.86 Å². The van der Waals surface area contributed by atoms with Crippen molar-refractivity contribution < 1.29 is 23.0 Å². The maximum absolute atomic E-state index is 12.3. The number of alkyl halides is 3. The van der Waals surface area contributed by atoms with Crippen LogP contribution in [-0.4, -0.2) is 16.5 Å². The van der Waals surface area contributed by atoms with Crippen LogP contribution >= 0.6 is 15.9 Å². The number of aromatic nitrogens is 1. The van der Waals surface area contributed by atoms with Crippen molar-refractivity contribution in [3.63, 3.8) is 0 Å². The van der Waals surface area contributed by atoms with Crippen LogP contribution in [-0.2, 0) is 0 Å². The third-order valence-corrected chi connectivity index (χ3v) is 3.58. The largest absolute Gasteiger partial charge is 0.573 e. The number of aromatic hydroxyl groups is 1. The number of H-pyrrole nitrogens is 1. The zero-order valence-corrected chi connectivity index (χ0v) is 13.4. The molecule has 0 spiro atoms. The van der Waals surface area contributed by atoms with Gasteiger partial charge in [-0.3, -0.25) is 0 Å². The molecule has 1 heterocycles. The zero-order chi connectivity index (χ0) is 17.3. The highest BCUT2D eigenvalue weighted by atomic mass is 79.9. The fourth-order valence-electron chi connectivity index (χ4n) is 2.06. The number of hydrogen-bond donors (Lipinski definition) is 2. The minimum absolute atomic E-state index is 0.0283. The maximum Gasteiger partial charge on any atom is 0.573 e. The molecule has 0 amide bonds. The summed E-state index contributed by atoms with van der Waals surface area (Å²) in [5.41, 5.74) is 0.960. The molecule has 0 aliphatic heterocycles. The first-order chi connectivity index (χ1) is 11.3. The molecule has 0 saturated carbocycles. The average Bonchev–Trinajstić information content (AvgIpc) is 2.80. The first kappa shape index (κ1) is 16.3. The van der Waals surface area contributed by atoms with E-state index < -0.39 is 12.1 Å². The molecule has 124 valence electrons. The predicted octanol–water partition coefficient (Wildman–Crippen LogP) is 5.95. The van der Waals surface area contributed by atoms with Crippen LogP contribution in [0.5, 0.6) is 11.6 Å². The van der Waals surface area contributed by atoms with E-state index in [0.29, 0.717) is 11.2 Å². The molecule has 0 saturated heterocycles. The topological polar surface area (TPSA) is 70.0 Å². The Morgan fingerprint density at radius 1 is 1.04 bits per heavy atom. The Hall–Kier alpha value is -2.55. The van der Waals surface area contributed by atoms with Gasteiger partial charge in [0.25, 0.3) is 0 Å². The molecule has 0 radical (unpaired) electrons. The molecule has 0 bridgehead atoms. The van der Waals surface area contributed by atoms with Crippen LogP contribution in [0.1, 0.15) is 0 Å². The van der Waals surface area contributed by atoms with E-state index in [2.05, 4.69) is 35.9 Å². The van der Waals surface area contributed by atoms with Crippen molar-refractivity contribution in [2.75, 3.05) is 0 Å². The first-order valence-electron chi connectivity index (χ1n) is 6.59. The van der Waals surface area contributed by atoms with Crippen molar-refractivity contribution in [2.45, 2.75) is 6.36 Å². The number of azo groups is 1. The number of nitrogens with zero attached hydrogens (tertiary/aromatic N) is 2. The second-order valence-corrected chi connectivity index (χ2v) is 5.67. The van der Waals surface area contributed by atoms with E-state index >= 15 is 0 Å². The molecule has 2 N–H and O–H groups in total. The standard InChI is InChI=1S/C15H9BrF3N3O2/c16-8-1-3-9(4-2-8)21-22-13-11-7-10(24-15(17,18)19)5-6-12(11)20-14(13)23/h1-7,20,23H. The van der Waals surface area contributed by atoms with Crippen molar-refractivity contribution in [1.82, 2.24) is 4.98 Å². The lowest BCUT2D eigenvalue weighted by atomic mass is 10.2. The van der Waals surface area contributed by atoms with Crippen LogP contribution in [0.25, 0.3) is 10.9 Å². The van der Waals surface area contributed by atoms with E-state index in [1.54, 1.807) is 24.3 Å². The van der Waals surface area contributed by atoms with E-state index in [-0.39, 0.29) is 17.0 Å². The van der Waals surface area contributed by atoms with Crippen LogP contribution in [0.15, 0.2) is 57.2 Å². The highest BCUT2D eigenvalue weighted by Crippen LogP contribution is 2.38. The summed E-state index contributed by atoms with van der Waals surface area (Å²) in [4.78, 5) is 2.62. The molecule has 0 atom stereocenters. The van der Waals surface area contributed by atoms with Gasteiger partial charge in [-0.25, -0.2) is 0 Å². The third kappa shape index (κ3) is 3.67. The van der Waals surface area contributed by atoms with E-state index in [9.17, 15) is 18.3 Å². The highest BCUT2D eigenvalue weighted by molar-refractivity contribution is 9.10. The molecule has 24 heavy (non-hydrogen) atoms. The van der Waals surface area contributed by atoms with Gasteiger partial charge >= 0.3 is 6.36 Å². The smallest absolute Gasteiger partial charge is 0.493 e. The predicted molar refractivity (Wildman–Crippen MR) is 85.0 cm³/mol. The van der Waals surface area contributed by atoms with E-state index in [1.165, 1.54) is 6.07 Å². The minimum atomic E-state index is -4.80. The van der Waals surface area contributed by atoms with Crippen LogP contribution in [0, 0.1) is 0 Å². The number of halogens is 4.